The number of benzene rings is 1. The largest absolute Gasteiger partial charge is 0.485 e. The van der Waals surface area contributed by atoms with Gasteiger partial charge in [-0.2, -0.15) is 0 Å². The van der Waals surface area contributed by atoms with Crippen LogP contribution < -0.4 is 4.74 Å². The van der Waals surface area contributed by atoms with Gasteiger partial charge in [0.1, 0.15) is 24.0 Å². The van der Waals surface area contributed by atoms with E-state index in [0.717, 1.165) is 0 Å². The SMILES string of the molecule is CC(=O)c1ccc(F)cc1OCc1nccn1C. The number of halogens is 1. The molecule has 2 rings (SSSR count). The second-order valence-electron chi connectivity index (χ2n) is 3.94. The van der Waals surface area contributed by atoms with Crippen LogP contribution >= 0.6 is 0 Å². The van der Waals surface area contributed by atoms with Crippen LogP contribution in [0.5, 0.6) is 5.75 Å². The number of aryl methyl sites for hydroxylation is 1. The lowest BCUT2D eigenvalue weighted by Crippen LogP contribution is -2.06. The van der Waals surface area contributed by atoms with Crippen LogP contribution in [0.4, 0.5) is 4.39 Å². The van der Waals surface area contributed by atoms with E-state index in [4.69, 9.17) is 4.74 Å². The molecule has 0 N–H and O–H groups in total. The number of carbonyl (C=O) groups excluding carboxylic acids is 1. The van der Waals surface area contributed by atoms with Gasteiger partial charge in [0.2, 0.25) is 0 Å². The number of rotatable bonds is 4. The van der Waals surface area contributed by atoms with Crippen LogP contribution in [0.2, 0.25) is 0 Å². The summed E-state index contributed by atoms with van der Waals surface area (Å²) >= 11 is 0. The van der Waals surface area contributed by atoms with Gasteiger partial charge in [0.15, 0.2) is 5.78 Å². The van der Waals surface area contributed by atoms with E-state index in [1.54, 1.807) is 17.0 Å². The number of nitrogens with zero attached hydrogens (tertiary/aromatic N) is 2. The zero-order valence-electron chi connectivity index (χ0n) is 10.2. The third-order valence-corrected chi connectivity index (χ3v) is 2.60. The predicted octanol–water partition coefficient (Wildman–Crippen LogP) is 2.34. The quantitative estimate of drug-likeness (QED) is 0.780. The minimum Gasteiger partial charge on any atom is -0.485 e. The van der Waals surface area contributed by atoms with Crippen LogP contribution in [0.25, 0.3) is 0 Å². The Hall–Kier alpha value is -2.17. The molecule has 5 heteroatoms. The maximum atomic E-state index is 13.1. The van der Waals surface area contributed by atoms with Crippen molar-refractivity contribution in [3.63, 3.8) is 0 Å². The van der Waals surface area contributed by atoms with Crippen molar-refractivity contribution < 1.29 is 13.9 Å². The molecule has 0 bridgehead atoms. The Kier molecular flexibility index (Phi) is 3.41. The molecule has 0 fully saturated rings. The number of Topliss-reactive ketones (excluding diaryl/α,β-unsaturated/α-hetero) is 1. The Morgan fingerprint density at radius 2 is 2.28 bits per heavy atom. The third kappa shape index (κ3) is 2.56. The summed E-state index contributed by atoms with van der Waals surface area (Å²) in [6.45, 7) is 1.61. The summed E-state index contributed by atoms with van der Waals surface area (Å²) in [6, 6.07) is 3.87. The molecule has 0 aliphatic rings. The van der Waals surface area contributed by atoms with E-state index < -0.39 is 5.82 Å². The molecule has 0 aliphatic carbocycles. The number of hydrogen-bond donors (Lipinski definition) is 0. The first-order valence-corrected chi connectivity index (χ1v) is 5.47. The fourth-order valence-corrected chi connectivity index (χ4v) is 1.58. The number of carbonyl (C=O) groups is 1. The van der Waals surface area contributed by atoms with Crippen LogP contribution in [0.1, 0.15) is 23.1 Å². The van der Waals surface area contributed by atoms with Gasteiger partial charge in [-0.1, -0.05) is 0 Å². The Bertz CT molecular complexity index is 578. The molecule has 18 heavy (non-hydrogen) atoms. The molecular weight excluding hydrogens is 235 g/mol. The molecule has 2 aromatic rings. The summed E-state index contributed by atoms with van der Waals surface area (Å²) < 4.78 is 20.4. The Balaban J connectivity index is 2.20. The molecule has 0 saturated carbocycles. The van der Waals surface area contributed by atoms with Crippen LogP contribution in [0.15, 0.2) is 30.6 Å². The summed E-state index contributed by atoms with van der Waals surface area (Å²) in [5, 5.41) is 0. The van der Waals surface area contributed by atoms with Gasteiger partial charge in [-0.25, -0.2) is 9.37 Å². The average Bonchev–Trinajstić information content (AvgIpc) is 2.72. The molecule has 1 aromatic carbocycles. The summed E-state index contributed by atoms with van der Waals surface area (Å²) in [4.78, 5) is 15.5. The molecule has 0 unspecified atom stereocenters. The zero-order chi connectivity index (χ0) is 13.1. The normalized spacial score (nSPS) is 10.4. The van der Waals surface area contributed by atoms with E-state index >= 15 is 0 Å². The third-order valence-electron chi connectivity index (χ3n) is 2.60. The molecule has 1 aromatic heterocycles. The van der Waals surface area contributed by atoms with E-state index in [9.17, 15) is 9.18 Å². The van der Waals surface area contributed by atoms with Gasteiger partial charge < -0.3 is 9.30 Å². The Morgan fingerprint density at radius 3 is 2.89 bits per heavy atom. The highest BCUT2D eigenvalue weighted by atomic mass is 19.1. The molecule has 0 atom stereocenters. The van der Waals surface area contributed by atoms with Crippen LogP contribution in [0.3, 0.4) is 0 Å². The standard InChI is InChI=1S/C13H13FN2O2/c1-9(17)11-4-3-10(14)7-12(11)18-8-13-15-5-6-16(13)2/h3-7H,8H2,1-2H3. The summed E-state index contributed by atoms with van der Waals surface area (Å²) in [7, 11) is 1.84. The van der Waals surface area contributed by atoms with E-state index in [1.165, 1.54) is 25.1 Å². The zero-order valence-corrected chi connectivity index (χ0v) is 10.2. The molecule has 4 nitrogen and oxygen atoms in total. The lowest BCUT2D eigenvalue weighted by molar-refractivity contribution is 0.101. The first kappa shape index (κ1) is 12.3. The van der Waals surface area contributed by atoms with Gasteiger partial charge in [0.25, 0.3) is 0 Å². The summed E-state index contributed by atoms with van der Waals surface area (Å²) in [5.74, 6) is 0.346. The second kappa shape index (κ2) is 5.00. The molecule has 0 spiro atoms. The molecular formula is C13H13FN2O2. The van der Waals surface area contributed by atoms with Crippen LogP contribution in [-0.2, 0) is 13.7 Å². The van der Waals surface area contributed by atoms with Crippen molar-refractivity contribution in [3.05, 3.63) is 47.8 Å². The van der Waals surface area contributed by atoms with Gasteiger partial charge in [-0.3, -0.25) is 4.79 Å². The van der Waals surface area contributed by atoms with Crippen molar-refractivity contribution in [3.8, 4) is 5.75 Å². The van der Waals surface area contributed by atoms with E-state index in [-0.39, 0.29) is 18.1 Å². The molecule has 0 saturated heterocycles. The van der Waals surface area contributed by atoms with Gasteiger partial charge in [0, 0.05) is 25.5 Å². The predicted molar refractivity (Wildman–Crippen MR) is 63.9 cm³/mol. The molecule has 0 aliphatic heterocycles. The minimum atomic E-state index is -0.435. The Morgan fingerprint density at radius 1 is 1.50 bits per heavy atom. The first-order chi connectivity index (χ1) is 8.58. The van der Waals surface area contributed by atoms with Crippen molar-refractivity contribution in [1.29, 1.82) is 0 Å². The van der Waals surface area contributed by atoms with E-state index in [0.29, 0.717) is 11.4 Å². The number of imidazole rings is 1. The van der Waals surface area contributed by atoms with Crippen molar-refractivity contribution in [1.82, 2.24) is 9.55 Å². The number of aromatic nitrogens is 2. The first-order valence-electron chi connectivity index (χ1n) is 5.47. The lowest BCUT2D eigenvalue weighted by atomic mass is 10.1. The monoisotopic (exact) mass is 248 g/mol. The number of ether oxygens (including phenoxy) is 1. The number of hydrogen-bond acceptors (Lipinski definition) is 3. The highest BCUT2D eigenvalue weighted by Crippen LogP contribution is 2.21. The average molecular weight is 248 g/mol. The van der Waals surface area contributed by atoms with Crippen molar-refractivity contribution >= 4 is 5.78 Å². The van der Waals surface area contributed by atoms with Crippen LogP contribution in [0, 0.1) is 5.82 Å². The fraction of sp³-hybridized carbons (Fsp3) is 0.231. The summed E-state index contributed by atoms with van der Waals surface area (Å²) in [6.07, 6.45) is 3.44. The van der Waals surface area contributed by atoms with Gasteiger partial charge in [-0.05, 0) is 19.1 Å². The molecule has 0 amide bonds. The van der Waals surface area contributed by atoms with Crippen molar-refractivity contribution in [2.45, 2.75) is 13.5 Å². The Labute approximate surface area is 104 Å². The van der Waals surface area contributed by atoms with Crippen molar-refractivity contribution in [2.75, 3.05) is 0 Å². The van der Waals surface area contributed by atoms with Gasteiger partial charge >= 0.3 is 0 Å². The number of ketones is 1. The van der Waals surface area contributed by atoms with Crippen molar-refractivity contribution in [2.24, 2.45) is 7.05 Å². The summed E-state index contributed by atoms with van der Waals surface area (Å²) in [5.41, 5.74) is 0.366. The smallest absolute Gasteiger partial charge is 0.163 e. The molecule has 0 radical (unpaired) electrons. The van der Waals surface area contributed by atoms with Crippen LogP contribution in [-0.4, -0.2) is 15.3 Å². The van der Waals surface area contributed by atoms with E-state index in [1.807, 2.05) is 7.05 Å². The molecule has 94 valence electrons. The highest BCUT2D eigenvalue weighted by Gasteiger charge is 2.10. The topological polar surface area (TPSA) is 44.1 Å². The van der Waals surface area contributed by atoms with Gasteiger partial charge in [-0.15, -0.1) is 0 Å². The van der Waals surface area contributed by atoms with Gasteiger partial charge in [0.05, 0.1) is 5.56 Å². The highest BCUT2D eigenvalue weighted by molar-refractivity contribution is 5.96. The molecule has 1 heterocycles. The maximum Gasteiger partial charge on any atom is 0.163 e. The maximum absolute atomic E-state index is 13.1. The lowest BCUT2D eigenvalue weighted by Gasteiger charge is -2.09. The second-order valence-corrected chi connectivity index (χ2v) is 3.94. The minimum absolute atomic E-state index is 0.162. The van der Waals surface area contributed by atoms with E-state index in [2.05, 4.69) is 4.98 Å². The fourth-order valence-electron chi connectivity index (χ4n) is 1.58.